The van der Waals surface area contributed by atoms with Gasteiger partial charge < -0.3 is 5.11 Å². The van der Waals surface area contributed by atoms with Crippen LogP contribution in [0.5, 0.6) is 0 Å². The minimum absolute atomic E-state index is 0.233. The Kier molecular flexibility index (Phi) is 5.13. The number of hydroxylamine groups is 2. The zero-order chi connectivity index (χ0) is 16.1. The average molecular weight is 320 g/mol. The van der Waals surface area contributed by atoms with E-state index in [9.17, 15) is 14.7 Å². The fourth-order valence-electron chi connectivity index (χ4n) is 1.94. The van der Waals surface area contributed by atoms with E-state index in [0.29, 0.717) is 17.2 Å². The molecule has 1 aromatic heterocycles. The van der Waals surface area contributed by atoms with Gasteiger partial charge in [0.15, 0.2) is 0 Å². The predicted octanol–water partition coefficient (Wildman–Crippen LogP) is 2.89. The number of hydrogen-bond acceptors (Lipinski definition) is 4. The average Bonchev–Trinajstić information content (AvgIpc) is 2.99. The van der Waals surface area contributed by atoms with Crippen LogP contribution in [-0.4, -0.2) is 39.3 Å². The zero-order valence-corrected chi connectivity index (χ0v) is 12.8. The molecule has 0 unspecified atom stereocenters. The molecule has 2 rings (SSSR count). The molecule has 2 amide bonds. The first-order valence-electron chi connectivity index (χ1n) is 6.53. The summed E-state index contributed by atoms with van der Waals surface area (Å²) in [7, 11) is 1.25. The van der Waals surface area contributed by atoms with Gasteiger partial charge in [-0.2, -0.15) is 0 Å². The van der Waals surface area contributed by atoms with E-state index in [1.54, 1.807) is 24.3 Å². The number of amides is 2. The van der Waals surface area contributed by atoms with Gasteiger partial charge >= 0.3 is 6.09 Å². The van der Waals surface area contributed by atoms with Crippen LogP contribution >= 0.6 is 11.3 Å². The lowest BCUT2D eigenvalue weighted by Gasteiger charge is -2.18. The number of hydrogen-bond donors (Lipinski definition) is 2. The SMILES string of the molecule is CN(O)C(=O)c1ccc(CN(Cc2cccs2)C(=O)O)cc1. The number of thiophene rings is 1. The molecule has 0 fully saturated rings. The molecule has 6 nitrogen and oxygen atoms in total. The zero-order valence-electron chi connectivity index (χ0n) is 12.0. The van der Waals surface area contributed by atoms with Crippen molar-refractivity contribution in [1.82, 2.24) is 9.96 Å². The van der Waals surface area contributed by atoms with Crippen molar-refractivity contribution in [3.05, 3.63) is 57.8 Å². The van der Waals surface area contributed by atoms with E-state index in [0.717, 1.165) is 10.4 Å². The number of carbonyl (C=O) groups excluding carboxylic acids is 1. The standard InChI is InChI=1S/C15H16N2O4S/c1-16(21)14(18)12-6-4-11(5-7-12)9-17(15(19)20)10-13-3-2-8-22-13/h2-8,21H,9-10H2,1H3,(H,19,20). The van der Waals surface area contributed by atoms with E-state index in [2.05, 4.69) is 0 Å². The third-order valence-corrected chi connectivity index (χ3v) is 3.93. The Balaban J connectivity index is 2.07. The van der Waals surface area contributed by atoms with Gasteiger partial charge in [0.1, 0.15) is 0 Å². The second kappa shape index (κ2) is 7.06. The largest absolute Gasteiger partial charge is 0.465 e. The number of benzene rings is 1. The maximum atomic E-state index is 11.6. The lowest BCUT2D eigenvalue weighted by Crippen LogP contribution is -2.28. The summed E-state index contributed by atoms with van der Waals surface area (Å²) in [4.78, 5) is 25.2. The van der Waals surface area contributed by atoms with Crippen LogP contribution in [0.3, 0.4) is 0 Å². The molecule has 1 heterocycles. The highest BCUT2D eigenvalue weighted by Gasteiger charge is 2.14. The summed E-state index contributed by atoms with van der Waals surface area (Å²) < 4.78 is 0. The van der Waals surface area contributed by atoms with E-state index in [1.165, 1.54) is 23.3 Å². The maximum Gasteiger partial charge on any atom is 0.407 e. The molecule has 0 spiro atoms. The van der Waals surface area contributed by atoms with Crippen LogP contribution in [0.2, 0.25) is 0 Å². The van der Waals surface area contributed by atoms with Gasteiger partial charge in [-0.1, -0.05) is 18.2 Å². The monoisotopic (exact) mass is 320 g/mol. The topological polar surface area (TPSA) is 81.1 Å². The highest BCUT2D eigenvalue weighted by molar-refractivity contribution is 7.09. The predicted molar refractivity (Wildman–Crippen MR) is 81.9 cm³/mol. The van der Waals surface area contributed by atoms with Crippen LogP contribution in [-0.2, 0) is 13.1 Å². The van der Waals surface area contributed by atoms with Crippen LogP contribution in [0.1, 0.15) is 20.8 Å². The first kappa shape index (κ1) is 16.0. The molecule has 116 valence electrons. The van der Waals surface area contributed by atoms with E-state index >= 15 is 0 Å². The molecule has 0 saturated carbocycles. The van der Waals surface area contributed by atoms with Crippen molar-refractivity contribution in [3.63, 3.8) is 0 Å². The van der Waals surface area contributed by atoms with Crippen molar-refractivity contribution >= 4 is 23.3 Å². The molecular formula is C15H16N2O4S. The second-order valence-electron chi connectivity index (χ2n) is 4.74. The molecule has 2 N–H and O–H groups in total. The lowest BCUT2D eigenvalue weighted by atomic mass is 10.1. The van der Waals surface area contributed by atoms with Crippen LogP contribution in [0.15, 0.2) is 41.8 Å². The van der Waals surface area contributed by atoms with Gasteiger partial charge in [0, 0.05) is 24.0 Å². The smallest absolute Gasteiger partial charge is 0.407 e. The quantitative estimate of drug-likeness (QED) is 0.655. The van der Waals surface area contributed by atoms with E-state index in [4.69, 9.17) is 5.21 Å². The second-order valence-corrected chi connectivity index (χ2v) is 5.78. The fourth-order valence-corrected chi connectivity index (χ4v) is 2.66. The van der Waals surface area contributed by atoms with Gasteiger partial charge in [0.05, 0.1) is 6.54 Å². The van der Waals surface area contributed by atoms with Gasteiger partial charge in [-0.25, -0.2) is 9.86 Å². The van der Waals surface area contributed by atoms with Crippen LogP contribution in [0.25, 0.3) is 0 Å². The highest BCUT2D eigenvalue weighted by atomic mass is 32.1. The number of nitrogens with zero attached hydrogens (tertiary/aromatic N) is 2. The number of carbonyl (C=O) groups is 2. The molecule has 0 radical (unpaired) electrons. The Hall–Kier alpha value is -2.38. The van der Waals surface area contributed by atoms with Crippen molar-refractivity contribution in [2.45, 2.75) is 13.1 Å². The molecule has 0 atom stereocenters. The Bertz CT molecular complexity index is 638. The Morgan fingerprint density at radius 2 is 1.82 bits per heavy atom. The maximum absolute atomic E-state index is 11.6. The summed E-state index contributed by atoms with van der Waals surface area (Å²) in [5.74, 6) is -0.514. The summed E-state index contributed by atoms with van der Waals surface area (Å²) in [5.41, 5.74) is 1.12. The summed E-state index contributed by atoms with van der Waals surface area (Å²) in [6.07, 6.45) is -0.997. The minimum atomic E-state index is -0.997. The molecule has 0 aliphatic carbocycles. The molecule has 0 aliphatic heterocycles. The van der Waals surface area contributed by atoms with E-state index in [-0.39, 0.29) is 6.54 Å². The van der Waals surface area contributed by atoms with Crippen LogP contribution < -0.4 is 0 Å². The molecule has 0 saturated heterocycles. The number of rotatable bonds is 5. The Labute approximate surface area is 131 Å². The molecular weight excluding hydrogens is 304 g/mol. The molecule has 22 heavy (non-hydrogen) atoms. The summed E-state index contributed by atoms with van der Waals surface area (Å²) >= 11 is 1.51. The van der Waals surface area contributed by atoms with E-state index < -0.39 is 12.0 Å². The molecule has 1 aromatic carbocycles. The first-order chi connectivity index (χ1) is 10.5. The van der Waals surface area contributed by atoms with Gasteiger partial charge in [-0.05, 0) is 29.1 Å². The van der Waals surface area contributed by atoms with Crippen molar-refractivity contribution in [3.8, 4) is 0 Å². The van der Waals surface area contributed by atoms with Gasteiger partial charge in [0.25, 0.3) is 5.91 Å². The summed E-state index contributed by atoms with van der Waals surface area (Å²) in [5, 5.41) is 20.8. The van der Waals surface area contributed by atoms with Crippen molar-refractivity contribution < 1.29 is 19.9 Å². The van der Waals surface area contributed by atoms with Gasteiger partial charge in [-0.3, -0.25) is 14.9 Å². The Morgan fingerprint density at radius 1 is 1.14 bits per heavy atom. The fraction of sp³-hybridized carbons (Fsp3) is 0.200. The van der Waals surface area contributed by atoms with Crippen LogP contribution in [0, 0.1) is 0 Å². The van der Waals surface area contributed by atoms with Gasteiger partial charge in [-0.15, -0.1) is 11.3 Å². The highest BCUT2D eigenvalue weighted by Crippen LogP contribution is 2.15. The van der Waals surface area contributed by atoms with Crippen molar-refractivity contribution in [2.75, 3.05) is 7.05 Å². The summed E-state index contributed by atoms with van der Waals surface area (Å²) in [6.45, 7) is 0.559. The number of carboxylic acid groups (broad SMARTS) is 1. The molecule has 2 aromatic rings. The minimum Gasteiger partial charge on any atom is -0.465 e. The first-order valence-corrected chi connectivity index (χ1v) is 7.41. The third-order valence-electron chi connectivity index (χ3n) is 3.07. The molecule has 0 aliphatic rings. The molecule has 0 bridgehead atoms. The van der Waals surface area contributed by atoms with Crippen molar-refractivity contribution in [1.29, 1.82) is 0 Å². The third kappa shape index (κ3) is 4.06. The van der Waals surface area contributed by atoms with Gasteiger partial charge in [0.2, 0.25) is 0 Å². The van der Waals surface area contributed by atoms with Crippen molar-refractivity contribution in [2.24, 2.45) is 0 Å². The Morgan fingerprint density at radius 3 is 2.32 bits per heavy atom. The lowest BCUT2D eigenvalue weighted by molar-refractivity contribution is -0.0374. The molecule has 7 heteroatoms. The normalized spacial score (nSPS) is 10.3. The van der Waals surface area contributed by atoms with Crippen LogP contribution in [0.4, 0.5) is 4.79 Å². The van der Waals surface area contributed by atoms with E-state index in [1.807, 2.05) is 17.5 Å². The summed E-state index contributed by atoms with van der Waals surface area (Å²) in [6, 6.07) is 10.3.